The Labute approximate surface area is 160 Å². The van der Waals surface area contributed by atoms with Crippen LogP contribution < -0.4 is 10.5 Å². The highest BCUT2D eigenvalue weighted by Crippen LogP contribution is 2.22. The van der Waals surface area contributed by atoms with Crippen LogP contribution in [0.3, 0.4) is 0 Å². The van der Waals surface area contributed by atoms with E-state index in [1.807, 2.05) is 6.07 Å². The standard InChI is InChI=1S/C16H16N6O3S2/c1-22-15(11-4-3-7-18-9-11)20-21-16(22)26-10-14(23)19-12-5-2-6-13(8-12)27(17,24)25/h2-9H,10H2,1H3,(H,19,23)(H2,17,24,25). The Balaban J connectivity index is 1.64. The minimum absolute atomic E-state index is 0.0673. The van der Waals surface area contributed by atoms with Gasteiger partial charge in [0.15, 0.2) is 11.0 Å². The Morgan fingerprint density at radius 3 is 2.78 bits per heavy atom. The number of anilines is 1. The zero-order valence-corrected chi connectivity index (χ0v) is 15.9. The molecule has 3 rings (SSSR count). The lowest BCUT2D eigenvalue weighted by Crippen LogP contribution is -2.16. The second-order valence-corrected chi connectivity index (χ2v) is 8.02. The summed E-state index contributed by atoms with van der Waals surface area (Å²) in [5.74, 6) is 0.419. The Kier molecular flexibility index (Phi) is 5.54. The molecule has 2 heterocycles. The number of amides is 1. The average molecular weight is 404 g/mol. The molecule has 9 nitrogen and oxygen atoms in total. The first-order valence-corrected chi connectivity index (χ1v) is 10.2. The lowest BCUT2D eigenvalue weighted by Gasteiger charge is -2.07. The zero-order valence-electron chi connectivity index (χ0n) is 14.2. The van der Waals surface area contributed by atoms with Gasteiger partial charge in [-0.15, -0.1) is 10.2 Å². The SMILES string of the molecule is Cn1c(SCC(=O)Nc2cccc(S(N)(=O)=O)c2)nnc1-c1cccnc1. The number of primary sulfonamides is 1. The van der Waals surface area contributed by atoms with E-state index in [2.05, 4.69) is 20.5 Å². The van der Waals surface area contributed by atoms with Crippen molar-refractivity contribution in [2.24, 2.45) is 12.2 Å². The number of nitrogens with zero attached hydrogens (tertiary/aromatic N) is 4. The number of hydrogen-bond donors (Lipinski definition) is 2. The van der Waals surface area contributed by atoms with Crippen molar-refractivity contribution < 1.29 is 13.2 Å². The first-order valence-electron chi connectivity index (χ1n) is 7.70. The quantitative estimate of drug-likeness (QED) is 0.591. The molecule has 140 valence electrons. The van der Waals surface area contributed by atoms with E-state index in [1.165, 1.54) is 30.0 Å². The average Bonchev–Trinajstić information content (AvgIpc) is 3.01. The second-order valence-electron chi connectivity index (χ2n) is 5.52. The fraction of sp³-hybridized carbons (Fsp3) is 0.125. The molecule has 3 N–H and O–H groups in total. The highest BCUT2D eigenvalue weighted by Gasteiger charge is 2.14. The normalized spacial score (nSPS) is 11.3. The summed E-state index contributed by atoms with van der Waals surface area (Å²) in [5, 5.41) is 16.5. The summed E-state index contributed by atoms with van der Waals surface area (Å²) in [5.41, 5.74) is 1.17. The van der Waals surface area contributed by atoms with E-state index < -0.39 is 10.0 Å². The van der Waals surface area contributed by atoms with Gasteiger partial charge in [-0.2, -0.15) is 0 Å². The fourth-order valence-corrected chi connectivity index (χ4v) is 3.54. The molecule has 0 fully saturated rings. The van der Waals surface area contributed by atoms with Crippen LogP contribution in [-0.2, 0) is 21.9 Å². The number of carbonyl (C=O) groups is 1. The van der Waals surface area contributed by atoms with Gasteiger partial charge in [0.05, 0.1) is 10.6 Å². The number of sulfonamides is 1. The largest absolute Gasteiger partial charge is 0.325 e. The van der Waals surface area contributed by atoms with E-state index in [1.54, 1.807) is 36.1 Å². The number of rotatable bonds is 6. The molecule has 0 aliphatic carbocycles. The van der Waals surface area contributed by atoms with Gasteiger partial charge in [0.2, 0.25) is 15.9 Å². The molecule has 0 bridgehead atoms. The minimum Gasteiger partial charge on any atom is -0.325 e. The molecular weight excluding hydrogens is 388 g/mol. The monoisotopic (exact) mass is 404 g/mol. The number of aromatic nitrogens is 4. The maximum Gasteiger partial charge on any atom is 0.238 e. The Bertz CT molecular complexity index is 1070. The molecule has 1 aromatic carbocycles. The highest BCUT2D eigenvalue weighted by atomic mass is 32.2. The van der Waals surface area contributed by atoms with Crippen LogP contribution in [0.5, 0.6) is 0 Å². The van der Waals surface area contributed by atoms with Gasteiger partial charge in [0, 0.05) is 30.7 Å². The molecule has 0 saturated carbocycles. The number of thioether (sulfide) groups is 1. The van der Waals surface area contributed by atoms with Gasteiger partial charge in [-0.1, -0.05) is 17.8 Å². The number of benzene rings is 1. The second kappa shape index (κ2) is 7.86. The summed E-state index contributed by atoms with van der Waals surface area (Å²) in [4.78, 5) is 16.1. The van der Waals surface area contributed by atoms with Crippen molar-refractivity contribution in [2.75, 3.05) is 11.1 Å². The first-order chi connectivity index (χ1) is 12.8. The van der Waals surface area contributed by atoms with Crippen LogP contribution >= 0.6 is 11.8 Å². The van der Waals surface area contributed by atoms with Gasteiger partial charge in [0.1, 0.15) is 0 Å². The van der Waals surface area contributed by atoms with Crippen LogP contribution in [0.1, 0.15) is 0 Å². The van der Waals surface area contributed by atoms with Crippen molar-refractivity contribution in [3.63, 3.8) is 0 Å². The van der Waals surface area contributed by atoms with Crippen LogP contribution in [-0.4, -0.2) is 39.8 Å². The smallest absolute Gasteiger partial charge is 0.238 e. The molecule has 0 atom stereocenters. The summed E-state index contributed by atoms with van der Waals surface area (Å²) in [6.45, 7) is 0. The summed E-state index contributed by atoms with van der Waals surface area (Å²) in [6.07, 6.45) is 3.36. The van der Waals surface area contributed by atoms with Crippen molar-refractivity contribution in [1.82, 2.24) is 19.7 Å². The zero-order chi connectivity index (χ0) is 19.4. The summed E-state index contributed by atoms with van der Waals surface area (Å²) < 4.78 is 24.5. The molecule has 0 radical (unpaired) electrons. The Hall–Kier alpha value is -2.76. The maximum atomic E-state index is 12.2. The van der Waals surface area contributed by atoms with Crippen molar-refractivity contribution in [3.05, 3.63) is 48.8 Å². The highest BCUT2D eigenvalue weighted by molar-refractivity contribution is 7.99. The Morgan fingerprint density at radius 2 is 2.07 bits per heavy atom. The van der Waals surface area contributed by atoms with Gasteiger partial charge in [-0.05, 0) is 30.3 Å². The maximum absolute atomic E-state index is 12.2. The minimum atomic E-state index is -3.83. The van der Waals surface area contributed by atoms with Gasteiger partial charge in [-0.25, -0.2) is 13.6 Å². The fourth-order valence-electron chi connectivity index (χ4n) is 2.26. The lowest BCUT2D eigenvalue weighted by molar-refractivity contribution is -0.113. The number of pyridine rings is 1. The first kappa shape index (κ1) is 19.0. The molecule has 0 aliphatic rings. The number of carbonyl (C=O) groups excluding carboxylic acids is 1. The molecule has 0 aliphatic heterocycles. The predicted molar refractivity (Wildman–Crippen MR) is 101 cm³/mol. The van der Waals surface area contributed by atoms with Crippen molar-refractivity contribution in [3.8, 4) is 11.4 Å². The van der Waals surface area contributed by atoms with Crippen LogP contribution in [0.4, 0.5) is 5.69 Å². The van der Waals surface area contributed by atoms with E-state index in [9.17, 15) is 13.2 Å². The molecule has 3 aromatic rings. The van der Waals surface area contributed by atoms with E-state index in [4.69, 9.17) is 5.14 Å². The predicted octanol–water partition coefficient (Wildman–Crippen LogP) is 1.26. The molecule has 27 heavy (non-hydrogen) atoms. The molecule has 0 saturated heterocycles. The van der Waals surface area contributed by atoms with Gasteiger partial charge < -0.3 is 9.88 Å². The third-order valence-electron chi connectivity index (χ3n) is 3.53. The number of hydrogen-bond acceptors (Lipinski definition) is 7. The molecule has 2 aromatic heterocycles. The van der Waals surface area contributed by atoms with Crippen molar-refractivity contribution in [2.45, 2.75) is 10.1 Å². The van der Waals surface area contributed by atoms with Crippen LogP contribution in [0.15, 0.2) is 58.8 Å². The van der Waals surface area contributed by atoms with Gasteiger partial charge in [-0.3, -0.25) is 9.78 Å². The van der Waals surface area contributed by atoms with E-state index in [-0.39, 0.29) is 16.6 Å². The van der Waals surface area contributed by atoms with Crippen LogP contribution in [0.2, 0.25) is 0 Å². The topological polar surface area (TPSA) is 133 Å². The van der Waals surface area contributed by atoms with Gasteiger partial charge in [0.25, 0.3) is 0 Å². The third-order valence-corrected chi connectivity index (χ3v) is 5.46. The van der Waals surface area contributed by atoms with Gasteiger partial charge >= 0.3 is 0 Å². The summed E-state index contributed by atoms with van der Waals surface area (Å²) in [7, 11) is -2.03. The molecule has 1 amide bonds. The van der Waals surface area contributed by atoms with Crippen molar-refractivity contribution in [1.29, 1.82) is 0 Å². The third kappa shape index (κ3) is 4.70. The van der Waals surface area contributed by atoms with Crippen molar-refractivity contribution >= 4 is 33.4 Å². The number of nitrogens with two attached hydrogens (primary N) is 1. The van der Waals surface area contributed by atoms with E-state index >= 15 is 0 Å². The molecule has 11 heteroatoms. The van der Waals surface area contributed by atoms with E-state index in [0.717, 1.165) is 5.56 Å². The lowest BCUT2D eigenvalue weighted by atomic mass is 10.3. The summed E-state index contributed by atoms with van der Waals surface area (Å²) in [6, 6.07) is 9.43. The Morgan fingerprint density at radius 1 is 1.26 bits per heavy atom. The number of nitrogens with one attached hydrogen (secondary N) is 1. The van der Waals surface area contributed by atoms with E-state index in [0.29, 0.717) is 16.7 Å². The molecular formula is C16H16N6O3S2. The summed E-state index contributed by atoms with van der Waals surface area (Å²) >= 11 is 1.21. The van der Waals surface area contributed by atoms with Crippen LogP contribution in [0.25, 0.3) is 11.4 Å². The van der Waals surface area contributed by atoms with Crippen LogP contribution in [0, 0.1) is 0 Å². The molecule has 0 spiro atoms. The molecule has 0 unspecified atom stereocenters.